The van der Waals surface area contributed by atoms with E-state index in [2.05, 4.69) is 9.47 Å². The van der Waals surface area contributed by atoms with Gasteiger partial charge in [0.2, 0.25) is 5.82 Å². The molecular weight excluding hydrogens is 287 g/mol. The summed E-state index contributed by atoms with van der Waals surface area (Å²) in [7, 11) is 0. The van der Waals surface area contributed by atoms with Crippen LogP contribution in [0.4, 0.5) is 4.39 Å². The predicted molar refractivity (Wildman–Crippen MR) is 68.8 cm³/mol. The van der Waals surface area contributed by atoms with Crippen LogP contribution in [0.15, 0.2) is 21.9 Å². The Labute approximate surface area is 117 Å². The first kappa shape index (κ1) is 16.3. The standard InChI is InChI=1S/C12H13FN2O6/c1-3-20-9(16)5-8(11(18)21-4-2)15-6-7(13)10(17)14-12(15)19/h5-6H,3-4H2,1-2H3,(H,14,17,19)/b8-5+. The minimum atomic E-state index is -1.30. The van der Waals surface area contributed by atoms with Gasteiger partial charge in [0, 0.05) is 0 Å². The van der Waals surface area contributed by atoms with E-state index in [1.165, 1.54) is 6.92 Å². The van der Waals surface area contributed by atoms with Gasteiger partial charge in [0.15, 0.2) is 0 Å². The molecule has 1 aromatic heterocycles. The zero-order chi connectivity index (χ0) is 16.0. The van der Waals surface area contributed by atoms with Crippen LogP contribution < -0.4 is 11.2 Å². The smallest absolute Gasteiger partial charge is 0.355 e. The highest BCUT2D eigenvalue weighted by atomic mass is 19.1. The lowest BCUT2D eigenvalue weighted by atomic mass is 10.3. The number of rotatable bonds is 5. The molecule has 8 nitrogen and oxygen atoms in total. The zero-order valence-corrected chi connectivity index (χ0v) is 11.3. The van der Waals surface area contributed by atoms with E-state index in [0.29, 0.717) is 16.8 Å². The number of carbonyl (C=O) groups is 2. The molecule has 1 rings (SSSR count). The van der Waals surface area contributed by atoms with Crippen LogP contribution in [-0.4, -0.2) is 34.7 Å². The third-order valence-electron chi connectivity index (χ3n) is 2.18. The van der Waals surface area contributed by atoms with Crippen LogP contribution in [0.5, 0.6) is 0 Å². The number of aromatic nitrogens is 2. The van der Waals surface area contributed by atoms with Crippen molar-refractivity contribution in [3.63, 3.8) is 0 Å². The third-order valence-corrected chi connectivity index (χ3v) is 2.18. The fourth-order valence-electron chi connectivity index (χ4n) is 1.35. The molecule has 1 N–H and O–H groups in total. The van der Waals surface area contributed by atoms with Crippen LogP contribution in [-0.2, 0) is 19.1 Å². The van der Waals surface area contributed by atoms with Gasteiger partial charge in [-0.25, -0.2) is 14.4 Å². The Hall–Kier alpha value is -2.71. The van der Waals surface area contributed by atoms with Crippen molar-refractivity contribution in [3.8, 4) is 0 Å². The molecule has 0 radical (unpaired) electrons. The second-order valence-corrected chi connectivity index (χ2v) is 3.61. The molecule has 1 heterocycles. The Kier molecular flexibility index (Phi) is 5.58. The van der Waals surface area contributed by atoms with Crippen molar-refractivity contribution in [1.29, 1.82) is 0 Å². The average Bonchev–Trinajstić information content (AvgIpc) is 2.41. The summed E-state index contributed by atoms with van der Waals surface area (Å²) in [6.07, 6.45) is 1.17. The van der Waals surface area contributed by atoms with Gasteiger partial charge in [-0.2, -0.15) is 4.39 Å². The van der Waals surface area contributed by atoms with Crippen molar-refractivity contribution < 1.29 is 23.5 Å². The van der Waals surface area contributed by atoms with Crippen molar-refractivity contribution in [3.05, 3.63) is 38.9 Å². The second kappa shape index (κ2) is 7.17. The van der Waals surface area contributed by atoms with Crippen LogP contribution in [0.25, 0.3) is 5.70 Å². The van der Waals surface area contributed by atoms with Gasteiger partial charge in [-0.05, 0) is 13.8 Å². The molecular formula is C12H13FN2O6. The molecule has 0 fully saturated rings. The van der Waals surface area contributed by atoms with Gasteiger partial charge in [0.05, 0.1) is 25.5 Å². The molecule has 21 heavy (non-hydrogen) atoms. The first-order chi connectivity index (χ1) is 9.90. The molecule has 9 heteroatoms. The molecule has 0 amide bonds. The molecule has 0 aliphatic rings. The van der Waals surface area contributed by atoms with Crippen LogP contribution in [0.1, 0.15) is 13.8 Å². The van der Waals surface area contributed by atoms with E-state index in [1.807, 2.05) is 0 Å². The molecule has 0 saturated heterocycles. The van der Waals surface area contributed by atoms with E-state index in [4.69, 9.17) is 0 Å². The molecule has 0 atom stereocenters. The number of esters is 2. The SMILES string of the molecule is CCOC(=O)/C=C(\C(=O)OCC)n1cc(F)c(=O)[nH]c1=O. The maximum atomic E-state index is 13.3. The summed E-state index contributed by atoms with van der Waals surface area (Å²) in [4.78, 5) is 47.4. The second-order valence-electron chi connectivity index (χ2n) is 3.61. The molecule has 0 bridgehead atoms. The Bertz CT molecular complexity index is 688. The van der Waals surface area contributed by atoms with E-state index in [0.717, 1.165) is 0 Å². The van der Waals surface area contributed by atoms with E-state index in [-0.39, 0.29) is 13.2 Å². The Morgan fingerprint density at radius 2 is 1.90 bits per heavy atom. The summed E-state index contributed by atoms with van der Waals surface area (Å²) in [5.74, 6) is -3.26. The van der Waals surface area contributed by atoms with E-state index in [1.54, 1.807) is 11.9 Å². The number of hydrogen-bond acceptors (Lipinski definition) is 6. The summed E-state index contributed by atoms with van der Waals surface area (Å²) in [6.45, 7) is 3.07. The monoisotopic (exact) mass is 300 g/mol. The maximum absolute atomic E-state index is 13.3. The minimum Gasteiger partial charge on any atom is -0.463 e. The van der Waals surface area contributed by atoms with Gasteiger partial charge in [0.25, 0.3) is 5.56 Å². The zero-order valence-electron chi connectivity index (χ0n) is 11.3. The van der Waals surface area contributed by atoms with Crippen molar-refractivity contribution >= 4 is 17.6 Å². The highest BCUT2D eigenvalue weighted by Gasteiger charge is 2.18. The topological polar surface area (TPSA) is 107 Å². The summed E-state index contributed by atoms with van der Waals surface area (Å²) < 4.78 is 23.0. The van der Waals surface area contributed by atoms with Crippen LogP contribution in [0.2, 0.25) is 0 Å². The van der Waals surface area contributed by atoms with E-state index < -0.39 is 34.7 Å². The molecule has 0 unspecified atom stereocenters. The molecule has 0 aliphatic carbocycles. The summed E-state index contributed by atoms with van der Waals surface area (Å²) >= 11 is 0. The number of carbonyl (C=O) groups excluding carboxylic acids is 2. The Morgan fingerprint density at radius 1 is 1.29 bits per heavy atom. The van der Waals surface area contributed by atoms with Gasteiger partial charge in [0.1, 0.15) is 5.70 Å². The van der Waals surface area contributed by atoms with Crippen LogP contribution in [0, 0.1) is 5.82 Å². The number of halogens is 1. The Balaban J connectivity index is 3.41. The molecule has 0 spiro atoms. The first-order valence-corrected chi connectivity index (χ1v) is 5.98. The third kappa shape index (κ3) is 4.13. The Morgan fingerprint density at radius 3 is 2.48 bits per heavy atom. The van der Waals surface area contributed by atoms with Crippen molar-refractivity contribution in [2.75, 3.05) is 13.2 Å². The normalized spacial score (nSPS) is 11.1. The first-order valence-electron chi connectivity index (χ1n) is 5.98. The molecule has 1 aromatic rings. The number of ether oxygens (including phenoxy) is 2. The van der Waals surface area contributed by atoms with Crippen molar-refractivity contribution in [1.82, 2.24) is 9.55 Å². The van der Waals surface area contributed by atoms with Gasteiger partial charge in [-0.3, -0.25) is 14.3 Å². The van der Waals surface area contributed by atoms with Crippen molar-refractivity contribution in [2.24, 2.45) is 0 Å². The minimum absolute atomic E-state index is 0.0282. The van der Waals surface area contributed by atoms with Gasteiger partial charge >= 0.3 is 17.6 Å². The number of H-pyrrole nitrogens is 1. The van der Waals surface area contributed by atoms with E-state index in [9.17, 15) is 23.6 Å². The lowest BCUT2D eigenvalue weighted by molar-refractivity contribution is -0.139. The fraction of sp³-hybridized carbons (Fsp3) is 0.333. The molecule has 114 valence electrons. The van der Waals surface area contributed by atoms with Crippen LogP contribution >= 0.6 is 0 Å². The fourth-order valence-corrected chi connectivity index (χ4v) is 1.35. The largest absolute Gasteiger partial charge is 0.463 e. The van der Waals surface area contributed by atoms with Gasteiger partial charge in [-0.15, -0.1) is 0 Å². The summed E-state index contributed by atoms with van der Waals surface area (Å²) in [5.41, 5.74) is -2.91. The number of hydrogen-bond donors (Lipinski definition) is 1. The van der Waals surface area contributed by atoms with Gasteiger partial charge < -0.3 is 9.47 Å². The summed E-state index contributed by atoms with van der Waals surface area (Å²) in [5, 5.41) is 0. The average molecular weight is 300 g/mol. The van der Waals surface area contributed by atoms with E-state index >= 15 is 0 Å². The number of nitrogens with one attached hydrogen (secondary N) is 1. The summed E-state index contributed by atoms with van der Waals surface area (Å²) in [6, 6.07) is 0. The van der Waals surface area contributed by atoms with Crippen molar-refractivity contribution in [2.45, 2.75) is 13.8 Å². The lowest BCUT2D eigenvalue weighted by Crippen LogP contribution is -2.33. The molecule has 0 saturated carbocycles. The number of nitrogens with zero attached hydrogens (tertiary/aromatic N) is 1. The highest BCUT2D eigenvalue weighted by molar-refractivity contribution is 6.14. The molecule has 0 aliphatic heterocycles. The number of aromatic amines is 1. The van der Waals surface area contributed by atoms with Gasteiger partial charge in [-0.1, -0.05) is 0 Å². The maximum Gasteiger partial charge on any atom is 0.355 e. The highest BCUT2D eigenvalue weighted by Crippen LogP contribution is 2.05. The quantitative estimate of drug-likeness (QED) is 0.588. The molecule has 0 aromatic carbocycles. The van der Waals surface area contributed by atoms with Crippen LogP contribution in [0.3, 0.4) is 0 Å². The predicted octanol–water partition coefficient (Wildman–Crippen LogP) is -0.357. The lowest BCUT2D eigenvalue weighted by Gasteiger charge is -2.09.